The molecule has 0 unspecified atom stereocenters. The minimum atomic E-state index is -1.95. The molecule has 1 aromatic carbocycles. The van der Waals surface area contributed by atoms with Crippen molar-refractivity contribution in [3.8, 4) is 17.2 Å². The highest BCUT2D eigenvalue weighted by Crippen LogP contribution is 2.40. The van der Waals surface area contributed by atoms with Crippen LogP contribution in [-0.2, 0) is 4.74 Å². The molecule has 12 heteroatoms. The maximum Gasteiger partial charge on any atom is 0.261 e. The molecule has 0 saturated carbocycles. The number of anilines is 1. The number of aryl methyl sites for hydroxylation is 2. The molecule has 1 N–H and O–H groups in total. The van der Waals surface area contributed by atoms with Gasteiger partial charge in [-0.05, 0) is 57.0 Å². The maximum atomic E-state index is 15.3. The smallest absolute Gasteiger partial charge is 0.261 e. The number of nitrogens with one attached hydrogen (secondary N) is 1. The molecule has 2 fully saturated rings. The molecule has 0 amide bonds. The first-order chi connectivity index (χ1) is 17.1. The molecule has 0 spiro atoms. The van der Waals surface area contributed by atoms with Crippen LogP contribution in [0.1, 0.15) is 37.6 Å². The number of rotatable bonds is 6. The topological polar surface area (TPSA) is 85.5 Å². The van der Waals surface area contributed by atoms with E-state index in [9.17, 15) is 0 Å². The monoisotopic (exact) mass is 485 g/mol. The quantitative estimate of drug-likeness (QED) is 0.533. The molecular weight excluding hydrogens is 458 g/mol. The Bertz CT molecular complexity index is 1260. The lowest BCUT2D eigenvalue weighted by Gasteiger charge is -2.40. The second kappa shape index (κ2) is 9.70. The van der Waals surface area contributed by atoms with Crippen LogP contribution in [0.15, 0.2) is 16.7 Å². The van der Waals surface area contributed by atoms with Gasteiger partial charge < -0.3 is 24.2 Å². The summed E-state index contributed by atoms with van der Waals surface area (Å²) in [7, 11) is 16.7. The molecule has 36 heavy (non-hydrogen) atoms. The predicted octanol–water partition coefficient (Wildman–Crippen LogP) is 2.27. The van der Waals surface area contributed by atoms with Gasteiger partial charge in [-0.1, -0.05) is 5.16 Å². The largest absolute Gasteiger partial charge is 0.516 e. The first-order valence-electron chi connectivity index (χ1n) is 12.2. The molecule has 4 heterocycles. The van der Waals surface area contributed by atoms with Crippen molar-refractivity contribution in [2.75, 3.05) is 24.7 Å². The van der Waals surface area contributed by atoms with E-state index in [-0.39, 0.29) is 17.3 Å². The molecular formula is C24H27B3FN5O3. The summed E-state index contributed by atoms with van der Waals surface area (Å²) in [5.74, 6) is 0.941. The second-order valence-corrected chi connectivity index (χ2v) is 9.83. The Labute approximate surface area is 213 Å². The minimum absolute atomic E-state index is 0.0916. The zero-order chi connectivity index (χ0) is 25.6. The summed E-state index contributed by atoms with van der Waals surface area (Å²) in [5.41, 5.74) is 1.57. The van der Waals surface area contributed by atoms with Crippen molar-refractivity contribution in [1.82, 2.24) is 20.4 Å². The summed E-state index contributed by atoms with van der Waals surface area (Å²) < 4.78 is 31.7. The number of pyridine rings is 1. The van der Waals surface area contributed by atoms with Crippen molar-refractivity contribution in [2.24, 2.45) is 0 Å². The minimum Gasteiger partial charge on any atom is -0.516 e. The maximum absolute atomic E-state index is 15.3. The molecule has 8 nitrogen and oxygen atoms in total. The van der Waals surface area contributed by atoms with Crippen molar-refractivity contribution in [2.45, 2.75) is 63.5 Å². The number of halogens is 1. The zero-order valence-corrected chi connectivity index (χ0v) is 20.8. The molecule has 6 radical (unpaired) electrons. The summed E-state index contributed by atoms with van der Waals surface area (Å²) in [6.07, 6.45) is 2.87. The standard InChI is InChI=1S/C24H27B3FN5O3/c1-12-8-15(30-16-5-7-34-11-16)4-6-33(12)22-20(23-29-14(3)32-36-23)13(2)18-9-17(35-24(25,26)27)10-19(28)21(18)31-22/h9-10,12,15-16,30H,4-8,11H2,1-3H3/t12-,15-,16-/m1/s1. The van der Waals surface area contributed by atoms with Crippen LogP contribution in [0.4, 0.5) is 10.2 Å². The predicted molar refractivity (Wildman–Crippen MR) is 137 cm³/mol. The zero-order valence-electron chi connectivity index (χ0n) is 20.8. The van der Waals surface area contributed by atoms with Gasteiger partial charge in [-0.15, -0.1) is 0 Å². The van der Waals surface area contributed by atoms with E-state index in [0.717, 1.165) is 44.6 Å². The van der Waals surface area contributed by atoms with Gasteiger partial charge in [0.15, 0.2) is 11.6 Å². The number of hydrogen-bond acceptors (Lipinski definition) is 8. The van der Waals surface area contributed by atoms with Gasteiger partial charge in [0.25, 0.3) is 5.89 Å². The second-order valence-electron chi connectivity index (χ2n) is 9.83. The number of nitrogens with zero attached hydrogens (tertiary/aromatic N) is 4. The van der Waals surface area contributed by atoms with E-state index in [4.69, 9.17) is 42.5 Å². The Hall–Kier alpha value is -2.59. The Morgan fingerprint density at radius 2 is 1.97 bits per heavy atom. The highest BCUT2D eigenvalue weighted by Gasteiger charge is 2.32. The van der Waals surface area contributed by atoms with E-state index in [1.807, 2.05) is 6.92 Å². The average molecular weight is 485 g/mol. The summed E-state index contributed by atoms with van der Waals surface area (Å²) in [4.78, 5) is 11.4. The molecule has 0 aliphatic carbocycles. The van der Waals surface area contributed by atoms with Gasteiger partial charge in [0, 0.05) is 42.7 Å². The van der Waals surface area contributed by atoms with Crippen molar-refractivity contribution >= 4 is 40.3 Å². The molecule has 3 atom stereocenters. The van der Waals surface area contributed by atoms with E-state index in [2.05, 4.69) is 27.3 Å². The first kappa shape index (κ1) is 25.1. The van der Waals surface area contributed by atoms with Gasteiger partial charge in [0.05, 0.1) is 12.2 Å². The Morgan fingerprint density at radius 1 is 1.17 bits per heavy atom. The van der Waals surface area contributed by atoms with Crippen molar-refractivity contribution < 1.29 is 18.4 Å². The fraction of sp³-hybridized carbons (Fsp3) is 0.542. The van der Waals surface area contributed by atoms with Crippen molar-refractivity contribution in [1.29, 1.82) is 0 Å². The number of ether oxygens (including phenoxy) is 2. The highest BCUT2D eigenvalue weighted by molar-refractivity contribution is 6.58. The molecule has 2 saturated heterocycles. The number of hydrogen-bond donors (Lipinski definition) is 1. The highest BCUT2D eigenvalue weighted by atomic mass is 19.1. The average Bonchev–Trinajstić information content (AvgIpc) is 3.45. The number of piperidine rings is 1. The summed E-state index contributed by atoms with van der Waals surface area (Å²) in [5, 5.41) is 6.25. The molecule has 2 aliphatic rings. The Morgan fingerprint density at radius 3 is 2.61 bits per heavy atom. The molecule has 182 valence electrons. The fourth-order valence-corrected chi connectivity index (χ4v) is 5.20. The van der Waals surface area contributed by atoms with Crippen LogP contribution >= 0.6 is 0 Å². The van der Waals surface area contributed by atoms with Crippen LogP contribution < -0.4 is 15.0 Å². The van der Waals surface area contributed by atoms with Gasteiger partial charge >= 0.3 is 0 Å². The Balaban J connectivity index is 1.56. The van der Waals surface area contributed by atoms with Crippen molar-refractivity contribution in [3.63, 3.8) is 0 Å². The fourth-order valence-electron chi connectivity index (χ4n) is 5.20. The molecule has 3 aromatic rings. The van der Waals surface area contributed by atoms with Crippen LogP contribution in [0.5, 0.6) is 5.75 Å². The molecule has 2 aromatic heterocycles. The molecule has 0 bridgehead atoms. The summed E-state index contributed by atoms with van der Waals surface area (Å²) in [6, 6.07) is 3.70. The van der Waals surface area contributed by atoms with Crippen LogP contribution in [-0.4, -0.2) is 81.8 Å². The lowest BCUT2D eigenvalue weighted by atomic mass is 9.52. The van der Waals surface area contributed by atoms with Crippen LogP contribution in [0.25, 0.3) is 22.4 Å². The summed E-state index contributed by atoms with van der Waals surface area (Å²) in [6.45, 7) is 8.07. The van der Waals surface area contributed by atoms with E-state index in [1.54, 1.807) is 13.0 Å². The number of aromatic nitrogens is 3. The third kappa shape index (κ3) is 5.11. The van der Waals surface area contributed by atoms with Gasteiger partial charge in [-0.25, -0.2) is 9.37 Å². The van der Waals surface area contributed by atoms with E-state index in [1.165, 1.54) is 6.07 Å². The molecule has 2 aliphatic heterocycles. The van der Waals surface area contributed by atoms with Crippen molar-refractivity contribution in [3.05, 3.63) is 29.3 Å². The Kier molecular flexibility index (Phi) is 6.76. The summed E-state index contributed by atoms with van der Waals surface area (Å²) >= 11 is 0. The van der Waals surface area contributed by atoms with Gasteiger partial charge in [-0.2, -0.15) is 4.98 Å². The van der Waals surface area contributed by atoms with E-state index >= 15 is 4.39 Å². The third-order valence-electron chi connectivity index (χ3n) is 6.84. The normalized spacial score (nSPS) is 22.9. The third-order valence-corrected chi connectivity index (χ3v) is 6.84. The van der Waals surface area contributed by atoms with E-state index in [0.29, 0.717) is 40.6 Å². The number of benzene rings is 1. The molecule has 5 rings (SSSR count). The van der Waals surface area contributed by atoms with Gasteiger partial charge in [0.1, 0.15) is 40.6 Å². The lowest BCUT2D eigenvalue weighted by molar-refractivity contribution is 0.185. The van der Waals surface area contributed by atoms with Gasteiger partial charge in [0.2, 0.25) is 0 Å². The SMILES string of the molecule is [B]C([B])([B])Oc1cc(F)c2nc(N3CC[C@@H](N[C@@H]4CCOC4)C[C@H]3C)c(-c3nc(C)no3)c(C)c2c1. The van der Waals surface area contributed by atoms with Crippen LogP contribution in [0.2, 0.25) is 0 Å². The van der Waals surface area contributed by atoms with Crippen LogP contribution in [0.3, 0.4) is 0 Å². The first-order valence-corrected chi connectivity index (χ1v) is 12.2. The lowest BCUT2D eigenvalue weighted by Crippen LogP contribution is -2.50. The number of fused-ring (bicyclic) bond motifs is 1. The van der Waals surface area contributed by atoms with Gasteiger partial charge in [-0.3, -0.25) is 0 Å². The van der Waals surface area contributed by atoms with Crippen LogP contribution in [0, 0.1) is 19.7 Å². The van der Waals surface area contributed by atoms with E-state index < -0.39 is 11.1 Å².